The molecule has 10 N–H and O–H groups in total. The van der Waals surface area contributed by atoms with Gasteiger partial charge in [0.05, 0.1) is 13.1 Å². The highest BCUT2D eigenvalue weighted by molar-refractivity contribution is 6.28. The van der Waals surface area contributed by atoms with Crippen LogP contribution < -0.4 is 38.5 Å². The zero-order chi connectivity index (χ0) is 38.2. The highest BCUT2D eigenvalue weighted by Crippen LogP contribution is 2.38. The summed E-state index contributed by atoms with van der Waals surface area (Å²) < 4.78 is 0. The summed E-state index contributed by atoms with van der Waals surface area (Å²) in [4.78, 5) is 25.7. The molecular formula is C41H52ClN13. The second-order valence-corrected chi connectivity index (χ2v) is 14.2. The molecule has 2 aliphatic carbocycles. The van der Waals surface area contributed by atoms with Crippen molar-refractivity contribution in [1.82, 2.24) is 19.9 Å². The first-order chi connectivity index (χ1) is 26.9. The van der Waals surface area contributed by atoms with Gasteiger partial charge in [-0.1, -0.05) is 12.1 Å². The Bertz CT molecular complexity index is 1950. The van der Waals surface area contributed by atoms with E-state index in [0.29, 0.717) is 11.8 Å². The van der Waals surface area contributed by atoms with Gasteiger partial charge in [0.25, 0.3) is 0 Å². The number of unbranched alkanes of at least 4 members (excludes halogenated alkanes) is 1. The summed E-state index contributed by atoms with van der Waals surface area (Å²) in [5.74, 6) is 5.30. The monoisotopic (exact) mass is 761 g/mol. The quantitative estimate of drug-likeness (QED) is 0.0397. The molecule has 0 bridgehead atoms. The molecule has 0 atom stereocenters. The molecule has 0 spiro atoms. The predicted octanol–water partition coefficient (Wildman–Crippen LogP) is 6.98. The normalized spacial score (nSPS) is 15.6. The van der Waals surface area contributed by atoms with Crippen molar-refractivity contribution in [2.75, 3.05) is 59.7 Å². The number of aliphatic imine (C=N–C) groups is 2. The van der Waals surface area contributed by atoms with Gasteiger partial charge < -0.3 is 38.5 Å². The molecule has 4 aromatic rings. The minimum atomic E-state index is 0.245. The van der Waals surface area contributed by atoms with E-state index in [4.69, 9.17) is 28.8 Å². The van der Waals surface area contributed by atoms with E-state index in [1.165, 1.54) is 42.4 Å². The van der Waals surface area contributed by atoms with Crippen LogP contribution >= 0.6 is 11.6 Å². The highest BCUT2D eigenvalue weighted by atomic mass is 35.5. The van der Waals surface area contributed by atoms with Crippen LogP contribution in [-0.4, -0.2) is 64.3 Å². The van der Waals surface area contributed by atoms with Crippen molar-refractivity contribution in [2.24, 2.45) is 33.3 Å². The van der Waals surface area contributed by atoms with Gasteiger partial charge in [-0.2, -0.15) is 4.98 Å². The lowest BCUT2D eigenvalue weighted by atomic mass is 10.1. The van der Waals surface area contributed by atoms with Gasteiger partial charge in [0.15, 0.2) is 0 Å². The van der Waals surface area contributed by atoms with E-state index >= 15 is 0 Å². The Morgan fingerprint density at radius 1 is 0.636 bits per heavy atom. The molecule has 13 nitrogen and oxygen atoms in total. The smallest absolute Gasteiger partial charge is 0.229 e. The number of halogens is 1. The summed E-state index contributed by atoms with van der Waals surface area (Å²) in [6, 6.07) is 19.7. The van der Waals surface area contributed by atoms with Crippen LogP contribution in [-0.2, 0) is 6.42 Å². The third-order valence-electron chi connectivity index (χ3n) is 9.26. The van der Waals surface area contributed by atoms with E-state index in [1.807, 2.05) is 30.3 Å². The lowest BCUT2D eigenvalue weighted by molar-refractivity contribution is 0.745. The molecule has 0 saturated heterocycles. The van der Waals surface area contributed by atoms with Gasteiger partial charge in [-0.3, -0.25) is 9.98 Å². The van der Waals surface area contributed by atoms with E-state index in [9.17, 15) is 0 Å². The van der Waals surface area contributed by atoms with E-state index in [1.54, 1.807) is 18.5 Å². The number of nitrogen functional groups attached to an aromatic ring is 1. The maximum Gasteiger partial charge on any atom is 0.229 e. The Labute approximate surface area is 328 Å². The van der Waals surface area contributed by atoms with Crippen molar-refractivity contribution in [3.63, 3.8) is 0 Å². The third-order valence-corrected chi connectivity index (χ3v) is 9.44. The second-order valence-electron chi connectivity index (χ2n) is 13.9. The number of benzene rings is 2. The number of nitrogens with two attached hydrogens (primary N) is 3. The van der Waals surface area contributed by atoms with E-state index < -0.39 is 0 Å². The average Bonchev–Trinajstić information content (AvgIpc) is 4.13. The van der Waals surface area contributed by atoms with Crippen LogP contribution in [0.15, 0.2) is 106 Å². The molecular weight excluding hydrogens is 710 g/mol. The lowest BCUT2D eigenvalue weighted by Crippen LogP contribution is -2.09. The molecule has 14 heteroatoms. The first kappa shape index (κ1) is 39.3. The van der Waals surface area contributed by atoms with E-state index in [2.05, 4.69) is 87.6 Å². The molecule has 2 aliphatic heterocycles. The van der Waals surface area contributed by atoms with Gasteiger partial charge in [-0.25, -0.2) is 15.0 Å². The largest absolute Gasteiger partial charge is 0.399 e. The van der Waals surface area contributed by atoms with Crippen molar-refractivity contribution >= 4 is 57.9 Å². The van der Waals surface area contributed by atoms with Crippen molar-refractivity contribution in [1.29, 1.82) is 0 Å². The molecule has 0 unspecified atom stereocenters. The van der Waals surface area contributed by atoms with Crippen LogP contribution in [0.5, 0.6) is 0 Å². The summed E-state index contributed by atoms with van der Waals surface area (Å²) in [5, 5.41) is 13.2. The second kappa shape index (κ2) is 20.3. The fraction of sp³-hybridized carbons (Fsp3) is 0.366. The van der Waals surface area contributed by atoms with Crippen LogP contribution in [0.25, 0.3) is 0 Å². The van der Waals surface area contributed by atoms with Crippen LogP contribution in [0.1, 0.15) is 50.5 Å². The Hall–Kier alpha value is -5.37. The SMILES string of the molecule is Clc1nccc(NC2=NCC(C3CC3)=C2)n1.NCCCCc1ccc(Nc2nccc(NC3=NCC(C4CC4)=C3)n2)cc1.NCCCNc1ccc(N)cc1. The van der Waals surface area contributed by atoms with Crippen LogP contribution in [0, 0.1) is 11.8 Å². The predicted molar refractivity (Wildman–Crippen MR) is 227 cm³/mol. The molecule has 4 aliphatic rings. The van der Waals surface area contributed by atoms with Crippen LogP contribution in [0.3, 0.4) is 0 Å². The van der Waals surface area contributed by atoms with Crippen molar-refractivity contribution < 1.29 is 0 Å². The molecule has 2 aromatic carbocycles. The Morgan fingerprint density at radius 2 is 1.22 bits per heavy atom. The number of amidine groups is 2. The Morgan fingerprint density at radius 3 is 1.80 bits per heavy atom. The van der Waals surface area contributed by atoms with Crippen molar-refractivity contribution in [3.05, 3.63) is 107 Å². The average molecular weight is 762 g/mol. The number of nitrogens with one attached hydrogen (secondary N) is 4. The maximum atomic E-state index is 5.70. The van der Waals surface area contributed by atoms with Crippen LogP contribution in [0.2, 0.25) is 5.28 Å². The highest BCUT2D eigenvalue weighted by Gasteiger charge is 2.28. The zero-order valence-corrected chi connectivity index (χ0v) is 32.0. The van der Waals surface area contributed by atoms with E-state index in [-0.39, 0.29) is 5.28 Å². The van der Waals surface area contributed by atoms with Gasteiger partial charge >= 0.3 is 0 Å². The fourth-order valence-corrected chi connectivity index (χ4v) is 6.04. The van der Waals surface area contributed by atoms with Gasteiger partial charge in [0.2, 0.25) is 11.2 Å². The molecule has 0 radical (unpaired) electrons. The van der Waals surface area contributed by atoms with Crippen molar-refractivity contribution in [2.45, 2.75) is 51.4 Å². The van der Waals surface area contributed by atoms with Crippen LogP contribution in [0.4, 0.5) is 34.6 Å². The van der Waals surface area contributed by atoms with Gasteiger partial charge in [0, 0.05) is 36.0 Å². The van der Waals surface area contributed by atoms with Crippen molar-refractivity contribution in [3.8, 4) is 0 Å². The maximum absolute atomic E-state index is 5.70. The standard InChI is InChI=1S/C21H26N6.C11H11ClN4.C9H15N3/c22-11-2-1-3-15-4-8-18(9-5-15)25-21-23-12-10-19(27-21)26-20-13-17(14-24-20)16-6-7-16;12-11-13-4-3-9(16-11)15-10-5-8(6-14-10)7-1-2-7;10-6-1-7-12-9-4-2-8(11)3-5-9/h4-5,8-10,12-13,16H,1-3,6-7,11,14,22H2,(H2,23,24,25,26,27);3-5,7H,1-2,6H2,(H,13,14,15,16);2-5,12H,1,6-7,10-11H2. The number of aryl methyl sites for hydroxylation is 1. The number of aromatic nitrogens is 4. The molecule has 2 aromatic heterocycles. The fourth-order valence-electron chi connectivity index (χ4n) is 5.89. The number of anilines is 6. The molecule has 0 amide bonds. The molecule has 2 saturated carbocycles. The topological polar surface area (TPSA) is 202 Å². The zero-order valence-electron chi connectivity index (χ0n) is 31.2. The molecule has 8 rings (SSSR count). The minimum absolute atomic E-state index is 0.245. The summed E-state index contributed by atoms with van der Waals surface area (Å²) in [6.07, 6.45) is 17.1. The molecule has 4 heterocycles. The summed E-state index contributed by atoms with van der Waals surface area (Å²) in [6.45, 7) is 4.04. The Balaban J connectivity index is 0.000000155. The first-order valence-corrected chi connectivity index (χ1v) is 19.5. The van der Waals surface area contributed by atoms with E-state index in [0.717, 1.165) is 105 Å². The van der Waals surface area contributed by atoms with Gasteiger partial charge in [0.1, 0.15) is 23.3 Å². The molecule has 2 fully saturated rings. The minimum Gasteiger partial charge on any atom is -0.399 e. The summed E-state index contributed by atoms with van der Waals surface area (Å²) in [5.41, 5.74) is 23.5. The Kier molecular flexibility index (Phi) is 14.6. The molecule has 288 valence electrons. The third kappa shape index (κ3) is 13.5. The summed E-state index contributed by atoms with van der Waals surface area (Å²) >= 11 is 5.70. The number of hydrogen-bond acceptors (Lipinski definition) is 13. The van der Waals surface area contributed by atoms with Gasteiger partial charge in [-0.15, -0.1) is 0 Å². The van der Waals surface area contributed by atoms with Gasteiger partial charge in [-0.05, 0) is 165 Å². The lowest BCUT2D eigenvalue weighted by Gasteiger charge is -2.08. The number of nitrogens with zero attached hydrogens (tertiary/aromatic N) is 6. The number of hydrogen-bond donors (Lipinski definition) is 7. The number of rotatable bonds is 14. The summed E-state index contributed by atoms with van der Waals surface area (Å²) in [7, 11) is 0. The molecule has 55 heavy (non-hydrogen) atoms. The first-order valence-electron chi connectivity index (χ1n) is 19.1.